The van der Waals surface area contributed by atoms with Crippen molar-refractivity contribution in [2.45, 2.75) is 71.4 Å². The minimum atomic E-state index is -0.642. The average molecular weight is 285 g/mol. The zero-order chi connectivity index (χ0) is 15.0. The van der Waals surface area contributed by atoms with Crippen molar-refractivity contribution in [1.82, 2.24) is 5.32 Å². The van der Waals surface area contributed by atoms with Crippen LogP contribution in [0, 0.1) is 5.92 Å². The van der Waals surface area contributed by atoms with Gasteiger partial charge in [-0.05, 0) is 46.0 Å². The third-order valence-electron chi connectivity index (χ3n) is 3.68. The van der Waals surface area contributed by atoms with Crippen molar-refractivity contribution >= 4 is 5.97 Å². The van der Waals surface area contributed by atoms with Crippen LogP contribution in [-0.2, 0) is 14.3 Å². The van der Waals surface area contributed by atoms with Gasteiger partial charge in [0.25, 0.3) is 0 Å². The Bertz CT molecular complexity index is 289. The highest BCUT2D eigenvalue weighted by Gasteiger charge is 2.52. The average Bonchev–Trinajstić information content (AvgIpc) is 3.21. The Hall–Kier alpha value is -0.610. The van der Waals surface area contributed by atoms with Crippen LogP contribution in [0.2, 0.25) is 0 Å². The Morgan fingerprint density at radius 1 is 1.30 bits per heavy atom. The molecule has 4 nitrogen and oxygen atoms in total. The largest absolute Gasteiger partial charge is 0.465 e. The summed E-state index contributed by atoms with van der Waals surface area (Å²) in [6.45, 7) is 9.73. The van der Waals surface area contributed by atoms with Crippen LogP contribution >= 0.6 is 0 Å². The van der Waals surface area contributed by atoms with Crippen LogP contribution in [0.25, 0.3) is 0 Å². The van der Waals surface area contributed by atoms with Gasteiger partial charge in [-0.1, -0.05) is 19.8 Å². The van der Waals surface area contributed by atoms with Gasteiger partial charge in [-0.25, -0.2) is 4.79 Å². The van der Waals surface area contributed by atoms with Crippen LogP contribution in [0.3, 0.4) is 0 Å². The van der Waals surface area contributed by atoms with Gasteiger partial charge in [0.05, 0.1) is 13.2 Å². The molecular weight excluding hydrogens is 254 g/mol. The van der Waals surface area contributed by atoms with Crippen LogP contribution in [-0.4, -0.2) is 37.4 Å². The standard InChI is InChI=1S/C16H31NO3/c1-5-7-8-11-19-12-16(14-9-10-14,17-13(3)4)15(18)20-6-2/h13-14,17H,5-12H2,1-4H3. The summed E-state index contributed by atoms with van der Waals surface area (Å²) in [7, 11) is 0. The van der Waals surface area contributed by atoms with E-state index in [9.17, 15) is 4.79 Å². The molecule has 1 aliphatic carbocycles. The van der Waals surface area contributed by atoms with E-state index in [-0.39, 0.29) is 12.0 Å². The second kappa shape index (κ2) is 8.63. The fraction of sp³-hybridized carbons (Fsp3) is 0.938. The van der Waals surface area contributed by atoms with Crippen molar-refractivity contribution in [2.75, 3.05) is 19.8 Å². The van der Waals surface area contributed by atoms with E-state index in [0.29, 0.717) is 19.1 Å². The summed E-state index contributed by atoms with van der Waals surface area (Å²) < 4.78 is 11.1. The third-order valence-corrected chi connectivity index (χ3v) is 3.68. The molecule has 0 radical (unpaired) electrons. The third kappa shape index (κ3) is 5.06. The summed E-state index contributed by atoms with van der Waals surface area (Å²) in [4.78, 5) is 12.4. The molecule has 0 aromatic heterocycles. The number of carbonyl (C=O) groups excluding carboxylic acids is 1. The minimum Gasteiger partial charge on any atom is -0.465 e. The molecular formula is C16H31NO3. The van der Waals surface area contributed by atoms with Crippen molar-refractivity contribution in [3.05, 3.63) is 0 Å². The van der Waals surface area contributed by atoms with E-state index in [1.165, 1.54) is 12.8 Å². The van der Waals surface area contributed by atoms with E-state index in [1.807, 2.05) is 6.92 Å². The van der Waals surface area contributed by atoms with Crippen LogP contribution in [0.4, 0.5) is 0 Å². The van der Waals surface area contributed by atoms with Gasteiger partial charge in [-0.15, -0.1) is 0 Å². The van der Waals surface area contributed by atoms with Crippen LogP contribution in [0.1, 0.15) is 59.8 Å². The van der Waals surface area contributed by atoms with Gasteiger partial charge in [-0.3, -0.25) is 5.32 Å². The highest BCUT2D eigenvalue weighted by atomic mass is 16.5. The SMILES string of the molecule is CCCCCOCC(NC(C)C)(C(=O)OCC)C1CC1. The number of hydrogen-bond donors (Lipinski definition) is 1. The number of nitrogens with one attached hydrogen (secondary N) is 1. The molecule has 0 aliphatic heterocycles. The molecule has 1 unspecified atom stereocenters. The monoisotopic (exact) mass is 285 g/mol. The summed E-state index contributed by atoms with van der Waals surface area (Å²) in [6, 6.07) is 0.235. The van der Waals surface area contributed by atoms with E-state index in [2.05, 4.69) is 26.1 Å². The Morgan fingerprint density at radius 2 is 2.00 bits per heavy atom. The summed E-state index contributed by atoms with van der Waals surface area (Å²) in [6.07, 6.45) is 5.57. The Balaban J connectivity index is 2.63. The maximum absolute atomic E-state index is 12.4. The van der Waals surface area contributed by atoms with Crippen LogP contribution < -0.4 is 5.32 Å². The summed E-state index contributed by atoms with van der Waals surface area (Å²) in [5.74, 6) is 0.210. The van der Waals surface area contributed by atoms with Crippen molar-refractivity contribution in [3.8, 4) is 0 Å². The van der Waals surface area contributed by atoms with Crippen molar-refractivity contribution in [2.24, 2.45) is 5.92 Å². The maximum Gasteiger partial charge on any atom is 0.329 e. The second-order valence-electron chi connectivity index (χ2n) is 6.02. The van der Waals surface area contributed by atoms with Crippen molar-refractivity contribution in [1.29, 1.82) is 0 Å². The van der Waals surface area contributed by atoms with Gasteiger partial charge in [0.1, 0.15) is 5.54 Å². The molecule has 0 saturated heterocycles. The first-order valence-electron chi connectivity index (χ1n) is 8.09. The van der Waals surface area contributed by atoms with E-state index < -0.39 is 5.54 Å². The van der Waals surface area contributed by atoms with Crippen LogP contribution in [0.5, 0.6) is 0 Å². The fourth-order valence-corrected chi connectivity index (χ4v) is 2.60. The quantitative estimate of drug-likeness (QED) is 0.468. The predicted octanol–water partition coefficient (Wildman–Crippen LogP) is 2.90. The van der Waals surface area contributed by atoms with Crippen molar-refractivity contribution < 1.29 is 14.3 Å². The van der Waals surface area contributed by atoms with Crippen LogP contribution in [0.15, 0.2) is 0 Å². The van der Waals surface area contributed by atoms with E-state index >= 15 is 0 Å². The van der Waals surface area contributed by atoms with Gasteiger partial charge in [-0.2, -0.15) is 0 Å². The molecule has 0 aromatic carbocycles. The molecule has 0 amide bonds. The number of ether oxygens (including phenoxy) is 2. The molecule has 1 atom stereocenters. The Kier molecular flexibility index (Phi) is 7.52. The lowest BCUT2D eigenvalue weighted by Crippen LogP contribution is -2.60. The lowest BCUT2D eigenvalue weighted by molar-refractivity contribution is -0.156. The van der Waals surface area contributed by atoms with E-state index in [0.717, 1.165) is 25.9 Å². The molecule has 1 fully saturated rings. The van der Waals surface area contributed by atoms with Gasteiger partial charge in [0.2, 0.25) is 0 Å². The number of rotatable bonds is 11. The molecule has 1 N–H and O–H groups in total. The normalized spacial score (nSPS) is 18.1. The van der Waals surface area contributed by atoms with Gasteiger partial charge in [0, 0.05) is 12.6 Å². The topological polar surface area (TPSA) is 47.6 Å². The Morgan fingerprint density at radius 3 is 2.50 bits per heavy atom. The maximum atomic E-state index is 12.4. The molecule has 1 rings (SSSR count). The van der Waals surface area contributed by atoms with Gasteiger partial charge < -0.3 is 9.47 Å². The molecule has 0 aromatic rings. The lowest BCUT2D eigenvalue weighted by Gasteiger charge is -2.34. The molecule has 1 saturated carbocycles. The Labute approximate surface area is 123 Å². The van der Waals surface area contributed by atoms with E-state index in [1.54, 1.807) is 0 Å². The number of esters is 1. The van der Waals surface area contributed by atoms with E-state index in [4.69, 9.17) is 9.47 Å². The first kappa shape index (κ1) is 17.4. The zero-order valence-electron chi connectivity index (χ0n) is 13.5. The number of hydrogen-bond acceptors (Lipinski definition) is 4. The molecule has 0 spiro atoms. The first-order chi connectivity index (χ1) is 9.56. The highest BCUT2D eigenvalue weighted by molar-refractivity contribution is 5.82. The smallest absolute Gasteiger partial charge is 0.329 e. The summed E-state index contributed by atoms with van der Waals surface area (Å²) >= 11 is 0. The summed E-state index contributed by atoms with van der Waals surface area (Å²) in [5, 5.41) is 3.43. The lowest BCUT2D eigenvalue weighted by atomic mass is 9.93. The highest BCUT2D eigenvalue weighted by Crippen LogP contribution is 2.41. The van der Waals surface area contributed by atoms with Gasteiger partial charge in [0.15, 0.2) is 0 Å². The van der Waals surface area contributed by atoms with Crippen molar-refractivity contribution in [3.63, 3.8) is 0 Å². The molecule has 0 bridgehead atoms. The summed E-state index contributed by atoms with van der Waals surface area (Å²) in [5.41, 5.74) is -0.642. The fourth-order valence-electron chi connectivity index (χ4n) is 2.60. The minimum absolute atomic E-state index is 0.147. The first-order valence-corrected chi connectivity index (χ1v) is 8.09. The zero-order valence-corrected chi connectivity index (χ0v) is 13.5. The molecule has 4 heteroatoms. The second-order valence-corrected chi connectivity index (χ2v) is 6.02. The molecule has 20 heavy (non-hydrogen) atoms. The molecule has 1 aliphatic rings. The number of unbranched alkanes of at least 4 members (excludes halogenated alkanes) is 2. The van der Waals surface area contributed by atoms with Gasteiger partial charge >= 0.3 is 5.97 Å². The molecule has 0 heterocycles. The predicted molar refractivity (Wildman–Crippen MR) is 80.7 cm³/mol. The molecule has 118 valence electrons. The number of carbonyl (C=O) groups is 1.